The first-order chi connectivity index (χ1) is 11.5. The molecule has 0 unspecified atom stereocenters. The maximum Gasteiger partial charge on any atom is 0.253 e. The topological polar surface area (TPSA) is 49.4 Å². The van der Waals surface area contributed by atoms with Gasteiger partial charge in [-0.1, -0.05) is 23.7 Å². The van der Waals surface area contributed by atoms with Gasteiger partial charge in [0, 0.05) is 36.1 Å². The van der Waals surface area contributed by atoms with E-state index < -0.39 is 0 Å². The van der Waals surface area contributed by atoms with Crippen LogP contribution in [0.4, 0.5) is 5.69 Å². The van der Waals surface area contributed by atoms with Gasteiger partial charge in [-0.05, 0) is 42.0 Å². The average molecular weight is 363 g/mol. The average Bonchev–Trinajstić information content (AvgIpc) is 2.57. The molecule has 0 aromatic heterocycles. The molecule has 0 spiro atoms. The fourth-order valence-electron chi connectivity index (χ4n) is 1.99. The largest absolute Gasteiger partial charge is 0.345 e. The summed E-state index contributed by atoms with van der Waals surface area (Å²) in [5.41, 5.74) is 2.47. The smallest absolute Gasteiger partial charge is 0.253 e. The maximum atomic E-state index is 11.9. The van der Waals surface area contributed by atoms with Gasteiger partial charge in [-0.2, -0.15) is 0 Å². The Morgan fingerprint density at radius 3 is 2.25 bits per heavy atom. The summed E-state index contributed by atoms with van der Waals surface area (Å²) in [6, 6.07) is 14.5. The SMILES string of the molecule is CN(C)C(=O)c1ccc(CSCC(=O)Nc2ccc(Cl)cc2)cc1. The summed E-state index contributed by atoms with van der Waals surface area (Å²) in [6.07, 6.45) is 0. The zero-order valence-electron chi connectivity index (χ0n) is 13.6. The Labute approximate surface area is 151 Å². The highest BCUT2D eigenvalue weighted by Crippen LogP contribution is 2.16. The van der Waals surface area contributed by atoms with Crippen molar-refractivity contribution in [2.75, 3.05) is 25.2 Å². The number of halogens is 1. The van der Waals surface area contributed by atoms with Gasteiger partial charge >= 0.3 is 0 Å². The molecule has 24 heavy (non-hydrogen) atoms. The summed E-state index contributed by atoms with van der Waals surface area (Å²) in [7, 11) is 3.46. The van der Waals surface area contributed by atoms with Crippen LogP contribution in [-0.4, -0.2) is 36.6 Å². The molecule has 0 bridgehead atoms. The fraction of sp³-hybridized carbons (Fsp3) is 0.222. The first-order valence-corrected chi connectivity index (χ1v) is 8.93. The number of thioether (sulfide) groups is 1. The van der Waals surface area contributed by atoms with Crippen LogP contribution in [0.3, 0.4) is 0 Å². The third-order valence-corrected chi connectivity index (χ3v) is 4.49. The highest BCUT2D eigenvalue weighted by atomic mass is 35.5. The van der Waals surface area contributed by atoms with Crippen LogP contribution < -0.4 is 5.32 Å². The van der Waals surface area contributed by atoms with Gasteiger partial charge in [-0.15, -0.1) is 11.8 Å². The van der Waals surface area contributed by atoms with Gasteiger partial charge in [-0.25, -0.2) is 0 Å². The second-order valence-electron chi connectivity index (χ2n) is 5.44. The van der Waals surface area contributed by atoms with E-state index >= 15 is 0 Å². The molecule has 0 aliphatic heterocycles. The molecule has 0 atom stereocenters. The summed E-state index contributed by atoms with van der Waals surface area (Å²) >= 11 is 7.33. The van der Waals surface area contributed by atoms with Crippen LogP contribution in [0.25, 0.3) is 0 Å². The minimum absolute atomic E-state index is 0.0171. The number of benzene rings is 2. The number of amides is 2. The highest BCUT2D eigenvalue weighted by Gasteiger charge is 2.08. The Balaban J connectivity index is 1.78. The summed E-state index contributed by atoms with van der Waals surface area (Å²) in [5, 5.41) is 3.46. The third kappa shape index (κ3) is 5.58. The van der Waals surface area contributed by atoms with Crippen LogP contribution >= 0.6 is 23.4 Å². The molecule has 126 valence electrons. The highest BCUT2D eigenvalue weighted by molar-refractivity contribution is 7.99. The van der Waals surface area contributed by atoms with E-state index in [1.54, 1.807) is 43.3 Å². The van der Waals surface area contributed by atoms with Crippen molar-refractivity contribution in [3.05, 3.63) is 64.7 Å². The zero-order chi connectivity index (χ0) is 17.5. The Bertz CT molecular complexity index is 700. The molecule has 4 nitrogen and oxygen atoms in total. The van der Waals surface area contributed by atoms with Crippen molar-refractivity contribution in [3.8, 4) is 0 Å². The van der Waals surface area contributed by atoms with E-state index in [0.717, 1.165) is 11.3 Å². The Kier molecular flexibility index (Phi) is 6.70. The van der Waals surface area contributed by atoms with Gasteiger partial charge in [0.05, 0.1) is 5.75 Å². The Morgan fingerprint density at radius 1 is 1.04 bits per heavy atom. The van der Waals surface area contributed by atoms with E-state index in [2.05, 4.69) is 5.32 Å². The standard InChI is InChI=1S/C18H19ClN2O2S/c1-21(2)18(23)14-5-3-13(4-6-14)11-24-12-17(22)20-16-9-7-15(19)8-10-16/h3-10H,11-12H2,1-2H3,(H,20,22). The number of nitrogens with zero attached hydrogens (tertiary/aromatic N) is 1. The zero-order valence-corrected chi connectivity index (χ0v) is 15.2. The normalized spacial score (nSPS) is 10.3. The maximum absolute atomic E-state index is 11.9. The Morgan fingerprint density at radius 2 is 1.67 bits per heavy atom. The molecule has 2 aromatic rings. The predicted octanol–water partition coefficient (Wildman–Crippen LogP) is 3.91. The molecular formula is C18H19ClN2O2S. The minimum Gasteiger partial charge on any atom is -0.345 e. The second kappa shape index (κ2) is 8.76. The number of hydrogen-bond donors (Lipinski definition) is 1. The van der Waals surface area contributed by atoms with Crippen LogP contribution in [0.1, 0.15) is 15.9 Å². The number of carbonyl (C=O) groups is 2. The molecule has 0 aliphatic rings. The lowest BCUT2D eigenvalue weighted by Crippen LogP contribution is -2.21. The number of rotatable bonds is 6. The number of hydrogen-bond acceptors (Lipinski definition) is 3. The molecule has 0 fully saturated rings. The van der Waals surface area contributed by atoms with Crippen molar-refractivity contribution >= 4 is 40.9 Å². The van der Waals surface area contributed by atoms with Crippen LogP contribution in [0.2, 0.25) is 5.02 Å². The van der Waals surface area contributed by atoms with Crippen molar-refractivity contribution in [1.29, 1.82) is 0 Å². The summed E-state index contributed by atoms with van der Waals surface area (Å²) in [4.78, 5) is 25.3. The molecule has 2 aromatic carbocycles. The molecule has 0 radical (unpaired) electrons. The third-order valence-electron chi connectivity index (χ3n) is 3.24. The number of nitrogens with one attached hydrogen (secondary N) is 1. The van der Waals surface area contributed by atoms with E-state index in [1.165, 1.54) is 11.8 Å². The summed E-state index contributed by atoms with van der Waals surface area (Å²) in [6.45, 7) is 0. The Hall–Kier alpha value is -1.98. The van der Waals surface area contributed by atoms with Crippen molar-refractivity contribution in [1.82, 2.24) is 4.90 Å². The molecule has 0 heterocycles. The van der Waals surface area contributed by atoms with Gasteiger partial charge in [0.2, 0.25) is 5.91 Å². The second-order valence-corrected chi connectivity index (χ2v) is 6.87. The molecule has 0 saturated heterocycles. The summed E-state index contributed by atoms with van der Waals surface area (Å²) < 4.78 is 0. The first-order valence-electron chi connectivity index (χ1n) is 7.39. The van der Waals surface area contributed by atoms with Crippen molar-refractivity contribution in [2.24, 2.45) is 0 Å². The monoisotopic (exact) mass is 362 g/mol. The number of carbonyl (C=O) groups excluding carboxylic acids is 2. The lowest BCUT2D eigenvalue weighted by Gasteiger charge is -2.10. The van der Waals surface area contributed by atoms with Gasteiger partial charge in [0.15, 0.2) is 0 Å². The lowest BCUT2D eigenvalue weighted by molar-refractivity contribution is -0.113. The first kappa shape index (κ1) is 18.4. The van der Waals surface area contributed by atoms with E-state index in [-0.39, 0.29) is 11.8 Å². The van der Waals surface area contributed by atoms with Crippen LogP contribution in [0, 0.1) is 0 Å². The van der Waals surface area contributed by atoms with Crippen LogP contribution in [0.15, 0.2) is 48.5 Å². The lowest BCUT2D eigenvalue weighted by atomic mass is 10.1. The fourth-order valence-corrected chi connectivity index (χ4v) is 2.91. The quantitative estimate of drug-likeness (QED) is 0.847. The van der Waals surface area contributed by atoms with Crippen LogP contribution in [0.5, 0.6) is 0 Å². The molecule has 1 N–H and O–H groups in total. The molecule has 2 amide bonds. The van der Waals surface area contributed by atoms with Gasteiger partial charge in [0.25, 0.3) is 5.91 Å². The van der Waals surface area contributed by atoms with E-state index in [1.807, 2.05) is 24.3 Å². The molecule has 0 saturated carbocycles. The van der Waals surface area contributed by atoms with Crippen molar-refractivity contribution in [3.63, 3.8) is 0 Å². The molecule has 2 rings (SSSR count). The minimum atomic E-state index is -0.0540. The predicted molar refractivity (Wildman–Crippen MR) is 101 cm³/mol. The van der Waals surface area contributed by atoms with Crippen LogP contribution in [-0.2, 0) is 10.5 Å². The van der Waals surface area contributed by atoms with E-state index in [0.29, 0.717) is 22.1 Å². The van der Waals surface area contributed by atoms with Crippen molar-refractivity contribution in [2.45, 2.75) is 5.75 Å². The molecular weight excluding hydrogens is 344 g/mol. The van der Waals surface area contributed by atoms with Gasteiger partial charge in [0.1, 0.15) is 0 Å². The van der Waals surface area contributed by atoms with E-state index in [9.17, 15) is 9.59 Å². The van der Waals surface area contributed by atoms with Gasteiger partial charge in [-0.3, -0.25) is 9.59 Å². The van der Waals surface area contributed by atoms with Crippen molar-refractivity contribution < 1.29 is 9.59 Å². The van der Waals surface area contributed by atoms with Gasteiger partial charge < -0.3 is 10.2 Å². The number of anilines is 1. The van der Waals surface area contributed by atoms with E-state index in [4.69, 9.17) is 11.6 Å². The molecule has 6 heteroatoms. The molecule has 0 aliphatic carbocycles. The summed E-state index contributed by atoms with van der Waals surface area (Å²) in [5.74, 6) is 1.00.